The van der Waals surface area contributed by atoms with Crippen LogP contribution in [0, 0.1) is 0 Å². The monoisotopic (exact) mass is 494 g/mol. The highest BCUT2D eigenvalue weighted by atomic mass is 35.5. The van der Waals surface area contributed by atoms with Crippen LogP contribution >= 0.6 is 42.1 Å². The molecule has 4 aromatic carbocycles. The fourth-order valence-electron chi connectivity index (χ4n) is 3.75. The van der Waals surface area contributed by atoms with Crippen LogP contribution in [0.2, 0.25) is 0 Å². The van der Waals surface area contributed by atoms with Gasteiger partial charge in [-0.15, -0.1) is 0 Å². The van der Waals surface area contributed by atoms with E-state index in [2.05, 4.69) is 36.4 Å². The molecular weight excluding hydrogens is 476 g/mol. The van der Waals surface area contributed by atoms with Crippen LogP contribution in [0.25, 0.3) is 0 Å². The Morgan fingerprint density at radius 3 is 1.19 bits per heavy atom. The molecule has 4 aromatic rings. The van der Waals surface area contributed by atoms with Crippen molar-refractivity contribution in [3.63, 3.8) is 0 Å². The molecule has 0 aromatic heterocycles. The summed E-state index contributed by atoms with van der Waals surface area (Å²) in [5.41, 5.74) is 1.37. The molecule has 32 heavy (non-hydrogen) atoms. The largest absolute Gasteiger partial charge is 0.229 e. The first-order chi connectivity index (χ1) is 15.6. The fraction of sp³-hybridized carbons (Fsp3) is 0. The molecule has 0 amide bonds. The number of benzene rings is 4. The standard InChI is InChI=1S/C27H20Cl3NP/c28-25(29)27(31-26(30)21-13-5-1-6-14-21)32(22-15-7-2-8-16-22,23-17-9-3-10-18-23)24-19-11-4-12-20-24/h1-20H/q+1/b31-26-. The lowest BCUT2D eigenvalue weighted by molar-refractivity contribution is 1.50. The smallest absolute Gasteiger partial charge is 0.198 e. The van der Waals surface area contributed by atoms with Crippen LogP contribution in [0.4, 0.5) is 0 Å². The molecule has 0 saturated heterocycles. The van der Waals surface area contributed by atoms with Crippen molar-refractivity contribution in [1.29, 1.82) is 0 Å². The fourth-order valence-corrected chi connectivity index (χ4v) is 8.85. The first-order valence-electron chi connectivity index (χ1n) is 10.1. The molecule has 0 aliphatic carbocycles. The third-order valence-corrected chi connectivity index (χ3v) is 10.2. The first kappa shape index (κ1) is 22.8. The van der Waals surface area contributed by atoms with Crippen molar-refractivity contribution in [2.75, 3.05) is 0 Å². The van der Waals surface area contributed by atoms with Gasteiger partial charge in [0.25, 0.3) is 0 Å². The molecule has 0 spiro atoms. The number of rotatable bonds is 6. The molecule has 0 bridgehead atoms. The van der Waals surface area contributed by atoms with Gasteiger partial charge in [0.2, 0.25) is 5.44 Å². The van der Waals surface area contributed by atoms with E-state index in [0.29, 0.717) is 10.6 Å². The lowest BCUT2D eigenvalue weighted by Crippen LogP contribution is -2.32. The number of halogens is 3. The van der Waals surface area contributed by atoms with Gasteiger partial charge in [0.1, 0.15) is 21.1 Å². The Labute approximate surface area is 204 Å². The summed E-state index contributed by atoms with van der Waals surface area (Å²) < 4.78 is 0.101. The summed E-state index contributed by atoms with van der Waals surface area (Å²) in [7, 11) is -2.55. The Morgan fingerprint density at radius 2 is 0.844 bits per heavy atom. The highest BCUT2D eigenvalue weighted by molar-refractivity contribution is 7.99. The van der Waals surface area contributed by atoms with Crippen molar-refractivity contribution < 1.29 is 0 Å². The predicted octanol–water partition coefficient (Wildman–Crippen LogP) is 7.27. The van der Waals surface area contributed by atoms with Crippen LogP contribution in [-0.2, 0) is 0 Å². The van der Waals surface area contributed by atoms with E-state index in [1.165, 1.54) is 0 Å². The van der Waals surface area contributed by atoms with Gasteiger partial charge in [-0.1, -0.05) is 120 Å². The van der Waals surface area contributed by atoms with E-state index in [1.54, 1.807) is 0 Å². The van der Waals surface area contributed by atoms with Crippen LogP contribution < -0.4 is 15.9 Å². The van der Waals surface area contributed by atoms with Crippen molar-refractivity contribution in [2.45, 2.75) is 0 Å². The van der Waals surface area contributed by atoms with Crippen LogP contribution in [-0.4, -0.2) is 5.17 Å². The summed E-state index contributed by atoms with van der Waals surface area (Å²) in [6.07, 6.45) is 0. The van der Waals surface area contributed by atoms with E-state index in [-0.39, 0.29) is 4.49 Å². The summed E-state index contributed by atoms with van der Waals surface area (Å²) in [6.45, 7) is 0. The third kappa shape index (κ3) is 4.53. The number of nitrogens with zero attached hydrogens (tertiary/aromatic N) is 1. The zero-order valence-corrected chi connectivity index (χ0v) is 20.2. The highest BCUT2D eigenvalue weighted by Gasteiger charge is 2.51. The predicted molar refractivity (Wildman–Crippen MR) is 143 cm³/mol. The second-order valence-electron chi connectivity index (χ2n) is 7.03. The zero-order valence-electron chi connectivity index (χ0n) is 17.1. The topological polar surface area (TPSA) is 12.4 Å². The minimum atomic E-state index is -2.55. The van der Waals surface area contributed by atoms with Gasteiger partial charge in [-0.05, 0) is 36.4 Å². The maximum Gasteiger partial charge on any atom is 0.229 e. The Balaban J connectivity index is 2.10. The molecular formula is C27H20Cl3NP+. The van der Waals surface area contributed by atoms with Crippen molar-refractivity contribution in [3.05, 3.63) is 137 Å². The average molecular weight is 496 g/mol. The van der Waals surface area contributed by atoms with E-state index < -0.39 is 7.26 Å². The molecule has 158 valence electrons. The molecule has 0 N–H and O–H groups in total. The van der Waals surface area contributed by atoms with Crippen molar-refractivity contribution in [1.82, 2.24) is 0 Å². The lowest BCUT2D eigenvalue weighted by Gasteiger charge is -2.27. The Bertz CT molecular complexity index is 1120. The average Bonchev–Trinajstić information content (AvgIpc) is 2.86. The van der Waals surface area contributed by atoms with Gasteiger partial charge in [-0.3, -0.25) is 0 Å². The summed E-state index contributed by atoms with van der Waals surface area (Å²) >= 11 is 20.0. The van der Waals surface area contributed by atoms with Gasteiger partial charge in [-0.2, -0.15) is 4.99 Å². The van der Waals surface area contributed by atoms with Crippen LogP contribution in [0.3, 0.4) is 0 Å². The molecule has 0 fully saturated rings. The highest BCUT2D eigenvalue weighted by Crippen LogP contribution is 2.64. The van der Waals surface area contributed by atoms with E-state index in [4.69, 9.17) is 39.8 Å². The maximum atomic E-state index is 6.73. The SMILES string of the molecule is ClC(Cl)=C(/N=C(\Cl)c1ccccc1)[P+](c1ccccc1)(c1ccccc1)c1ccccc1. The minimum Gasteiger partial charge on any atom is -0.198 e. The molecule has 0 radical (unpaired) electrons. The molecule has 0 aliphatic heterocycles. The van der Waals surface area contributed by atoms with E-state index in [9.17, 15) is 0 Å². The Kier molecular flexibility index (Phi) is 7.45. The van der Waals surface area contributed by atoms with Crippen LogP contribution in [0.5, 0.6) is 0 Å². The second-order valence-corrected chi connectivity index (χ2v) is 11.7. The molecule has 0 heterocycles. The van der Waals surface area contributed by atoms with Crippen molar-refractivity contribution >= 4 is 63.1 Å². The number of aliphatic imine (C=N–C) groups is 1. The summed E-state index contributed by atoms with van der Waals surface area (Å²) in [5, 5.41) is 3.61. The van der Waals surface area contributed by atoms with Crippen molar-refractivity contribution in [3.8, 4) is 0 Å². The lowest BCUT2D eigenvalue weighted by atomic mass is 10.2. The van der Waals surface area contributed by atoms with Gasteiger partial charge in [0, 0.05) is 5.56 Å². The Morgan fingerprint density at radius 1 is 0.500 bits per heavy atom. The maximum absolute atomic E-state index is 6.73. The van der Waals surface area contributed by atoms with E-state index in [0.717, 1.165) is 21.5 Å². The van der Waals surface area contributed by atoms with Crippen LogP contribution in [0.1, 0.15) is 5.56 Å². The Hall–Kier alpha value is -2.41. The number of hydrogen-bond donors (Lipinski definition) is 0. The molecule has 4 rings (SSSR count). The molecule has 0 atom stereocenters. The molecule has 1 nitrogen and oxygen atoms in total. The molecule has 5 heteroatoms. The van der Waals surface area contributed by atoms with Crippen molar-refractivity contribution in [2.24, 2.45) is 4.99 Å². The van der Waals surface area contributed by atoms with Gasteiger partial charge >= 0.3 is 0 Å². The second kappa shape index (κ2) is 10.5. The normalized spacial score (nSPS) is 11.8. The van der Waals surface area contributed by atoms with E-state index in [1.807, 2.05) is 84.9 Å². The van der Waals surface area contributed by atoms with Crippen LogP contribution in [0.15, 0.2) is 136 Å². The van der Waals surface area contributed by atoms with Gasteiger partial charge in [0.15, 0.2) is 11.8 Å². The summed E-state index contributed by atoms with van der Waals surface area (Å²) in [6, 6.07) is 40.4. The number of hydrogen-bond acceptors (Lipinski definition) is 1. The zero-order chi connectivity index (χ0) is 22.4. The molecule has 0 unspecified atom stereocenters. The summed E-state index contributed by atoms with van der Waals surface area (Å²) in [4.78, 5) is 4.90. The quantitative estimate of drug-likeness (QED) is 0.197. The van der Waals surface area contributed by atoms with E-state index >= 15 is 0 Å². The van der Waals surface area contributed by atoms with Gasteiger partial charge in [0.05, 0.1) is 0 Å². The molecule has 0 saturated carbocycles. The third-order valence-electron chi connectivity index (χ3n) is 5.13. The van der Waals surface area contributed by atoms with Gasteiger partial charge < -0.3 is 0 Å². The molecule has 0 aliphatic rings. The summed E-state index contributed by atoms with van der Waals surface area (Å²) in [5.74, 6) is 0. The van der Waals surface area contributed by atoms with Gasteiger partial charge in [-0.25, -0.2) is 0 Å². The minimum absolute atomic E-state index is 0.101. The first-order valence-corrected chi connectivity index (χ1v) is 13.0.